The van der Waals surface area contributed by atoms with Crippen molar-refractivity contribution >= 4 is 10.8 Å². The summed E-state index contributed by atoms with van der Waals surface area (Å²) in [5.41, 5.74) is 2.24. The van der Waals surface area contributed by atoms with Crippen molar-refractivity contribution < 1.29 is 5.11 Å². The Hall–Kier alpha value is -2.34. The number of nitrogens with zero attached hydrogens (tertiary/aromatic N) is 2. The lowest BCUT2D eigenvalue weighted by Gasteiger charge is -1.93. The average molecular weight is 209 g/mol. The van der Waals surface area contributed by atoms with Gasteiger partial charge in [-0.3, -0.25) is 0 Å². The maximum atomic E-state index is 9.68. The highest BCUT2D eigenvalue weighted by Gasteiger charge is 2.39. The summed E-state index contributed by atoms with van der Waals surface area (Å²) in [7, 11) is 0. The van der Waals surface area contributed by atoms with E-state index < -0.39 is 0 Å². The van der Waals surface area contributed by atoms with E-state index in [4.69, 9.17) is 5.39 Å². The third-order valence-electron chi connectivity index (χ3n) is 3.01. The predicted octanol–water partition coefficient (Wildman–Crippen LogP) is 3.54. The van der Waals surface area contributed by atoms with Crippen LogP contribution in [-0.4, -0.2) is 5.11 Å². The van der Waals surface area contributed by atoms with Crippen LogP contribution in [0.4, 0.5) is 0 Å². The smallest absolute Gasteiger partial charge is 0.388 e. The summed E-state index contributed by atoms with van der Waals surface area (Å²) < 4.78 is 0. The molecule has 1 aliphatic carbocycles. The van der Waals surface area contributed by atoms with Gasteiger partial charge >= 0.3 is 6.20 Å². The molecule has 1 atom stereocenters. The molecule has 0 heterocycles. The minimum absolute atomic E-state index is 0.0872. The average Bonchev–Trinajstić information content (AvgIpc) is 3.04. The molecule has 3 nitrogen and oxygen atoms in total. The van der Waals surface area contributed by atoms with Gasteiger partial charge in [0, 0.05) is 0 Å². The molecule has 3 rings (SSSR count). The number of aliphatic hydroxyl groups excluding tert-OH is 1. The van der Waals surface area contributed by atoms with Gasteiger partial charge in [0.2, 0.25) is 5.39 Å². The first-order valence-corrected chi connectivity index (χ1v) is 5.07. The molecule has 0 aromatic heterocycles. The maximum absolute atomic E-state index is 9.68. The summed E-state index contributed by atoms with van der Waals surface area (Å²) in [5, 5.41) is 20.4. The fourth-order valence-corrected chi connectivity index (χ4v) is 2.24. The summed E-state index contributed by atoms with van der Waals surface area (Å²) in [4.78, 5) is 2.85. The molecule has 76 valence electrons. The van der Waals surface area contributed by atoms with Crippen molar-refractivity contribution in [3.63, 3.8) is 0 Å². The molecule has 1 unspecified atom stereocenters. The standard InChI is InChI=1S/C13H8N2O/c14-15-7-11(16)13-10-6-5-8-3-1-2-4-9(8)12(10)13/h1-7,13H/p+1/b11-7+. The highest BCUT2D eigenvalue weighted by atomic mass is 16.3. The van der Waals surface area contributed by atoms with Crippen LogP contribution in [-0.2, 0) is 0 Å². The first-order chi connectivity index (χ1) is 7.83. The zero-order valence-corrected chi connectivity index (χ0v) is 8.46. The van der Waals surface area contributed by atoms with Crippen LogP contribution in [0.15, 0.2) is 48.4 Å². The number of allylic oxidation sites excluding steroid dienone is 1. The topological polar surface area (TPSA) is 48.4 Å². The Bertz CT molecular complexity index is 653. The number of aliphatic hydroxyl groups is 1. The second-order valence-corrected chi connectivity index (χ2v) is 3.89. The van der Waals surface area contributed by atoms with E-state index >= 15 is 0 Å². The first kappa shape index (κ1) is 8.93. The number of diazo groups is 1. The van der Waals surface area contributed by atoms with Crippen LogP contribution < -0.4 is 0 Å². The van der Waals surface area contributed by atoms with Gasteiger partial charge in [-0.05, 0) is 21.9 Å². The molecule has 16 heavy (non-hydrogen) atoms. The van der Waals surface area contributed by atoms with Crippen LogP contribution in [0.3, 0.4) is 0 Å². The Labute approximate surface area is 92.3 Å². The number of rotatable bonds is 1. The summed E-state index contributed by atoms with van der Waals surface area (Å²) in [6, 6.07) is 12.1. The second kappa shape index (κ2) is 3.07. The number of hydrogen-bond acceptors (Lipinski definition) is 2. The minimum atomic E-state index is -0.0872. The quantitative estimate of drug-likeness (QED) is 0.576. The molecule has 0 spiro atoms. The van der Waals surface area contributed by atoms with Crippen LogP contribution >= 0.6 is 0 Å². The third kappa shape index (κ3) is 1.10. The van der Waals surface area contributed by atoms with Gasteiger partial charge in [0.05, 0.1) is 5.92 Å². The maximum Gasteiger partial charge on any atom is 0.388 e. The molecule has 0 saturated carbocycles. The highest BCUT2D eigenvalue weighted by Crippen LogP contribution is 2.51. The minimum Gasteiger partial charge on any atom is -0.505 e. The van der Waals surface area contributed by atoms with E-state index in [1.54, 1.807) is 0 Å². The van der Waals surface area contributed by atoms with Crippen molar-refractivity contribution in [1.82, 2.24) is 0 Å². The third-order valence-corrected chi connectivity index (χ3v) is 3.01. The molecular weight excluding hydrogens is 200 g/mol. The predicted molar refractivity (Wildman–Crippen MR) is 61.6 cm³/mol. The fraction of sp³-hybridized carbons (Fsp3) is 0.0769. The van der Waals surface area contributed by atoms with Crippen LogP contribution in [0.1, 0.15) is 17.0 Å². The molecule has 0 bridgehead atoms. The van der Waals surface area contributed by atoms with E-state index in [0.29, 0.717) is 0 Å². The molecule has 0 amide bonds. The molecule has 0 aliphatic heterocycles. The fourth-order valence-electron chi connectivity index (χ4n) is 2.24. The summed E-state index contributed by atoms with van der Waals surface area (Å²) in [5.74, 6) is 0.00431. The molecular formula is C13H9N2O+. The van der Waals surface area contributed by atoms with Gasteiger partial charge in [-0.2, -0.15) is 0 Å². The van der Waals surface area contributed by atoms with Gasteiger partial charge in [0.25, 0.3) is 0 Å². The lowest BCUT2D eigenvalue weighted by atomic mass is 10.1. The first-order valence-electron chi connectivity index (χ1n) is 5.07. The van der Waals surface area contributed by atoms with Crippen molar-refractivity contribution in [1.29, 1.82) is 5.39 Å². The second-order valence-electron chi connectivity index (χ2n) is 3.89. The number of benzene rings is 2. The molecule has 0 saturated heterocycles. The van der Waals surface area contributed by atoms with E-state index in [0.717, 1.165) is 28.1 Å². The van der Waals surface area contributed by atoms with Gasteiger partial charge in [-0.1, -0.05) is 36.4 Å². The van der Waals surface area contributed by atoms with Gasteiger partial charge in [0.15, 0.2) is 10.7 Å². The number of hydrogen-bond donors (Lipinski definition) is 1. The molecule has 0 radical (unpaired) electrons. The highest BCUT2D eigenvalue weighted by molar-refractivity contribution is 5.93. The van der Waals surface area contributed by atoms with Crippen molar-refractivity contribution in [3.8, 4) is 0 Å². The Morgan fingerprint density at radius 2 is 2.06 bits per heavy atom. The molecule has 3 heteroatoms. The van der Waals surface area contributed by atoms with Crippen LogP contribution in [0.5, 0.6) is 0 Å². The Morgan fingerprint density at radius 1 is 1.25 bits per heavy atom. The van der Waals surface area contributed by atoms with Crippen molar-refractivity contribution in [3.05, 3.63) is 64.5 Å². The lowest BCUT2D eigenvalue weighted by Crippen LogP contribution is -1.80. The Balaban J connectivity index is 2.16. The van der Waals surface area contributed by atoms with E-state index in [9.17, 15) is 5.11 Å². The van der Waals surface area contributed by atoms with Gasteiger partial charge in [-0.15, -0.1) is 0 Å². The molecule has 2 aromatic rings. The zero-order valence-electron chi connectivity index (χ0n) is 8.46. The summed E-state index contributed by atoms with van der Waals surface area (Å²) >= 11 is 0. The Kier molecular flexibility index (Phi) is 1.72. The molecule has 1 N–H and O–H groups in total. The zero-order chi connectivity index (χ0) is 11.1. The van der Waals surface area contributed by atoms with Crippen molar-refractivity contribution in [2.75, 3.05) is 0 Å². The molecule has 2 aromatic carbocycles. The van der Waals surface area contributed by atoms with Crippen LogP contribution in [0.2, 0.25) is 0 Å². The van der Waals surface area contributed by atoms with Crippen molar-refractivity contribution in [2.45, 2.75) is 5.92 Å². The largest absolute Gasteiger partial charge is 0.505 e. The SMILES string of the molecule is N#[N+]/C=C(/O)C1c2ccc3ccccc3c21. The van der Waals surface area contributed by atoms with E-state index in [1.807, 2.05) is 36.4 Å². The van der Waals surface area contributed by atoms with Crippen LogP contribution in [0, 0.1) is 5.39 Å². The molecule has 0 fully saturated rings. The van der Waals surface area contributed by atoms with Crippen LogP contribution in [0.25, 0.3) is 15.7 Å². The monoisotopic (exact) mass is 209 g/mol. The lowest BCUT2D eigenvalue weighted by molar-refractivity contribution is 0.395. The Morgan fingerprint density at radius 3 is 2.88 bits per heavy atom. The van der Waals surface area contributed by atoms with Crippen molar-refractivity contribution in [2.24, 2.45) is 0 Å². The normalized spacial score (nSPS) is 17.9. The number of fused-ring (bicyclic) bond motifs is 3. The molecule has 1 aliphatic rings. The summed E-state index contributed by atoms with van der Waals surface area (Å²) in [6.45, 7) is 0. The van der Waals surface area contributed by atoms with Gasteiger partial charge < -0.3 is 5.11 Å². The van der Waals surface area contributed by atoms with E-state index in [2.05, 4.69) is 4.98 Å². The van der Waals surface area contributed by atoms with E-state index in [1.165, 1.54) is 0 Å². The van der Waals surface area contributed by atoms with Gasteiger partial charge in [0.1, 0.15) is 0 Å². The van der Waals surface area contributed by atoms with E-state index in [-0.39, 0.29) is 11.7 Å². The summed E-state index contributed by atoms with van der Waals surface area (Å²) in [6.07, 6.45) is 1.08. The van der Waals surface area contributed by atoms with Gasteiger partial charge in [-0.25, -0.2) is 0 Å².